The van der Waals surface area contributed by atoms with Crippen LogP contribution in [0.5, 0.6) is 0 Å². The van der Waals surface area contributed by atoms with Crippen LogP contribution in [-0.4, -0.2) is 19.6 Å². The van der Waals surface area contributed by atoms with Crippen molar-refractivity contribution in [1.29, 1.82) is 0 Å². The van der Waals surface area contributed by atoms with Gasteiger partial charge in [0.1, 0.15) is 0 Å². The minimum Gasteiger partial charge on any atom is -0.330 e. The smallest absolute Gasteiger partial charge is 0.00768 e. The van der Waals surface area contributed by atoms with Gasteiger partial charge in [0.2, 0.25) is 0 Å². The maximum atomic E-state index is 5.27. The molecule has 82 valence electrons. The van der Waals surface area contributed by atoms with E-state index in [0.29, 0.717) is 0 Å². The lowest BCUT2D eigenvalue weighted by molar-refractivity contribution is 0.674. The van der Waals surface area contributed by atoms with Gasteiger partial charge in [-0.15, -0.1) is 0 Å². The molecule has 0 saturated carbocycles. The van der Waals surface area contributed by atoms with Gasteiger partial charge >= 0.3 is 0 Å². The highest BCUT2D eigenvalue weighted by Crippen LogP contribution is 1.95. The summed E-state index contributed by atoms with van der Waals surface area (Å²) in [6.45, 7) is 4.62. The van der Waals surface area contributed by atoms with Gasteiger partial charge < -0.3 is 17.2 Å². The van der Waals surface area contributed by atoms with Crippen LogP contribution in [0.25, 0.3) is 0 Å². The van der Waals surface area contributed by atoms with Gasteiger partial charge in [-0.2, -0.15) is 0 Å². The number of rotatable bonds is 7. The Hall–Kier alpha value is -0.120. The van der Waals surface area contributed by atoms with Crippen molar-refractivity contribution in [2.24, 2.45) is 17.2 Å². The van der Waals surface area contributed by atoms with E-state index < -0.39 is 0 Å². The second kappa shape index (κ2) is 17.8. The van der Waals surface area contributed by atoms with Gasteiger partial charge in [-0.25, -0.2) is 0 Å². The molecule has 0 aromatic carbocycles. The molecule has 0 amide bonds. The van der Waals surface area contributed by atoms with Gasteiger partial charge in [0.15, 0.2) is 0 Å². The van der Waals surface area contributed by atoms with Crippen molar-refractivity contribution in [1.82, 2.24) is 0 Å². The average molecular weight is 189 g/mol. The first kappa shape index (κ1) is 15.4. The van der Waals surface area contributed by atoms with Crippen LogP contribution in [0.3, 0.4) is 0 Å². The zero-order valence-electron chi connectivity index (χ0n) is 9.10. The van der Waals surface area contributed by atoms with E-state index in [0.717, 1.165) is 32.5 Å². The second-order valence-corrected chi connectivity index (χ2v) is 3.13. The van der Waals surface area contributed by atoms with Crippen LogP contribution in [0.15, 0.2) is 0 Å². The van der Waals surface area contributed by atoms with Gasteiger partial charge in [-0.3, -0.25) is 0 Å². The Bertz CT molecular complexity index is 59.2. The predicted octanol–water partition coefficient (Wildman–Crippen LogP) is 1.21. The predicted molar refractivity (Wildman–Crippen MR) is 60.5 cm³/mol. The van der Waals surface area contributed by atoms with E-state index >= 15 is 0 Å². The Morgan fingerprint density at radius 1 is 0.615 bits per heavy atom. The van der Waals surface area contributed by atoms with Crippen molar-refractivity contribution < 1.29 is 0 Å². The molecule has 0 heterocycles. The molecule has 0 spiro atoms. The summed E-state index contributed by atoms with van der Waals surface area (Å²) in [6.07, 6.45) is 7.30. The molecule has 3 nitrogen and oxygen atoms in total. The van der Waals surface area contributed by atoms with Gasteiger partial charge in [0.25, 0.3) is 0 Å². The minimum atomic E-state index is 0.775. The monoisotopic (exact) mass is 189 g/mol. The molecule has 3 heteroatoms. The molecule has 0 aliphatic carbocycles. The summed E-state index contributed by atoms with van der Waals surface area (Å²) < 4.78 is 0. The van der Waals surface area contributed by atoms with Crippen LogP contribution in [0.2, 0.25) is 0 Å². The Morgan fingerprint density at radius 3 is 1.31 bits per heavy atom. The van der Waals surface area contributed by atoms with Gasteiger partial charge in [0, 0.05) is 0 Å². The first-order chi connectivity index (χ1) is 6.33. The van der Waals surface area contributed by atoms with Crippen LogP contribution in [0.4, 0.5) is 0 Å². The van der Waals surface area contributed by atoms with Gasteiger partial charge in [-0.1, -0.05) is 26.2 Å². The van der Waals surface area contributed by atoms with Crippen molar-refractivity contribution in [3.8, 4) is 0 Å². The molecule has 0 bridgehead atoms. The minimum absolute atomic E-state index is 0.775. The van der Waals surface area contributed by atoms with Crippen molar-refractivity contribution in [2.75, 3.05) is 19.6 Å². The highest BCUT2D eigenvalue weighted by atomic mass is 14.5. The fourth-order valence-corrected chi connectivity index (χ4v) is 0.860. The molecule has 0 rings (SSSR count). The summed E-state index contributed by atoms with van der Waals surface area (Å²) in [5.74, 6) is 0. The molecular formula is C10H27N3. The summed E-state index contributed by atoms with van der Waals surface area (Å²) in [5.41, 5.74) is 15.6. The Morgan fingerprint density at radius 2 is 1.00 bits per heavy atom. The molecule has 0 fully saturated rings. The highest BCUT2D eigenvalue weighted by Gasteiger charge is 1.80. The van der Waals surface area contributed by atoms with Gasteiger partial charge in [-0.05, 0) is 38.9 Å². The number of unbranched alkanes of at least 4 members (excludes halogenated alkanes) is 4. The van der Waals surface area contributed by atoms with E-state index in [1.165, 1.54) is 25.7 Å². The van der Waals surface area contributed by atoms with Crippen molar-refractivity contribution >= 4 is 0 Å². The topological polar surface area (TPSA) is 78.1 Å². The molecule has 0 saturated heterocycles. The van der Waals surface area contributed by atoms with Crippen molar-refractivity contribution in [3.05, 3.63) is 0 Å². The standard InChI is InChI=1S/C6H15N.C4H12N2/c1-2-3-4-5-6-7;5-3-1-2-4-6/h2-7H2,1H3;1-6H2. The normalized spacial score (nSPS) is 9.23. The third-order valence-corrected chi connectivity index (χ3v) is 1.72. The maximum absolute atomic E-state index is 5.27. The lowest BCUT2D eigenvalue weighted by Crippen LogP contribution is -2.03. The summed E-state index contributed by atoms with van der Waals surface area (Å²) in [4.78, 5) is 0. The second-order valence-electron chi connectivity index (χ2n) is 3.13. The molecule has 0 radical (unpaired) electrons. The highest BCUT2D eigenvalue weighted by molar-refractivity contribution is 4.39. The summed E-state index contributed by atoms with van der Waals surface area (Å²) in [6, 6.07) is 0. The quantitative estimate of drug-likeness (QED) is 0.527. The van der Waals surface area contributed by atoms with E-state index in [9.17, 15) is 0 Å². The van der Waals surface area contributed by atoms with E-state index in [2.05, 4.69) is 6.92 Å². The Balaban J connectivity index is 0. The fourth-order valence-electron chi connectivity index (χ4n) is 0.860. The maximum Gasteiger partial charge on any atom is -0.00768 e. The van der Waals surface area contributed by atoms with E-state index in [4.69, 9.17) is 17.2 Å². The number of hydrogen-bond acceptors (Lipinski definition) is 3. The molecule has 0 aliphatic heterocycles. The fraction of sp³-hybridized carbons (Fsp3) is 1.00. The summed E-state index contributed by atoms with van der Waals surface area (Å²) >= 11 is 0. The van der Waals surface area contributed by atoms with Crippen LogP contribution < -0.4 is 17.2 Å². The molecular weight excluding hydrogens is 162 g/mol. The van der Waals surface area contributed by atoms with E-state index in [1.54, 1.807) is 0 Å². The van der Waals surface area contributed by atoms with Crippen molar-refractivity contribution in [2.45, 2.75) is 45.4 Å². The SMILES string of the molecule is CCCCCCN.NCCCCN. The number of hydrogen-bond donors (Lipinski definition) is 3. The third kappa shape index (κ3) is 24.5. The van der Waals surface area contributed by atoms with Crippen LogP contribution in [0, 0.1) is 0 Å². The molecule has 0 aromatic rings. The van der Waals surface area contributed by atoms with Crippen LogP contribution >= 0.6 is 0 Å². The zero-order chi connectivity index (χ0) is 10.4. The molecule has 0 unspecified atom stereocenters. The lowest BCUT2D eigenvalue weighted by atomic mass is 10.2. The average Bonchev–Trinajstić information content (AvgIpc) is 2.17. The molecule has 13 heavy (non-hydrogen) atoms. The molecule has 0 aliphatic rings. The van der Waals surface area contributed by atoms with Crippen LogP contribution in [0.1, 0.15) is 45.4 Å². The molecule has 0 aromatic heterocycles. The third-order valence-electron chi connectivity index (χ3n) is 1.72. The van der Waals surface area contributed by atoms with Gasteiger partial charge in [0.05, 0.1) is 0 Å². The van der Waals surface area contributed by atoms with Crippen molar-refractivity contribution in [3.63, 3.8) is 0 Å². The largest absolute Gasteiger partial charge is 0.330 e. The van der Waals surface area contributed by atoms with E-state index in [-0.39, 0.29) is 0 Å². The first-order valence-electron chi connectivity index (χ1n) is 5.43. The summed E-state index contributed by atoms with van der Waals surface area (Å²) in [5, 5.41) is 0. The zero-order valence-corrected chi connectivity index (χ0v) is 9.10. The first-order valence-corrected chi connectivity index (χ1v) is 5.43. The molecule has 6 N–H and O–H groups in total. The van der Waals surface area contributed by atoms with E-state index in [1.807, 2.05) is 0 Å². The van der Waals surface area contributed by atoms with Crippen LogP contribution in [-0.2, 0) is 0 Å². The molecule has 0 atom stereocenters. The lowest BCUT2D eigenvalue weighted by Gasteiger charge is -1.90. The number of nitrogens with two attached hydrogens (primary N) is 3. The Labute approximate surface area is 83.0 Å². The summed E-state index contributed by atoms with van der Waals surface area (Å²) in [7, 11) is 0. The Kier molecular flexibility index (Phi) is 21.1.